The Kier molecular flexibility index (Phi) is 5.47. The topological polar surface area (TPSA) is 82.8 Å². The number of rotatable bonds is 4. The molecule has 1 heterocycles. The van der Waals surface area contributed by atoms with Crippen molar-refractivity contribution < 1.29 is 13.2 Å². The lowest BCUT2D eigenvalue weighted by Crippen LogP contribution is -2.40. The van der Waals surface area contributed by atoms with Gasteiger partial charge in [0.25, 0.3) is 0 Å². The molecule has 1 aliphatic heterocycles. The van der Waals surface area contributed by atoms with Gasteiger partial charge in [-0.3, -0.25) is 4.99 Å². The molecule has 2 aromatic carbocycles. The van der Waals surface area contributed by atoms with Crippen LogP contribution >= 0.6 is 0 Å². The monoisotopic (exact) mass is 369 g/mol. The summed E-state index contributed by atoms with van der Waals surface area (Å²) in [4.78, 5) is 4.65. The van der Waals surface area contributed by atoms with Gasteiger partial charge < -0.3 is 4.74 Å². The Morgan fingerprint density at radius 3 is 2.50 bits per heavy atom. The molecule has 7 heteroatoms. The van der Waals surface area contributed by atoms with Crippen molar-refractivity contribution >= 4 is 21.9 Å². The van der Waals surface area contributed by atoms with Crippen LogP contribution in [0.15, 0.2) is 52.4 Å². The highest BCUT2D eigenvalue weighted by Gasteiger charge is 2.27. The summed E-state index contributed by atoms with van der Waals surface area (Å²) in [6.45, 7) is 3.33. The van der Waals surface area contributed by atoms with Gasteiger partial charge in [0.1, 0.15) is 0 Å². The Hall–Kier alpha value is -2.53. The summed E-state index contributed by atoms with van der Waals surface area (Å²) in [5, 5.41) is 8.82. The van der Waals surface area contributed by atoms with Crippen molar-refractivity contribution in [1.29, 1.82) is 5.26 Å². The maximum Gasteiger partial charge on any atom is 0.243 e. The summed E-state index contributed by atoms with van der Waals surface area (Å²) in [6.07, 6.45) is 1.65. The van der Waals surface area contributed by atoms with Crippen LogP contribution in [0.4, 0.5) is 5.69 Å². The molecule has 0 aromatic heterocycles. The number of hydrogen-bond acceptors (Lipinski definition) is 5. The third-order valence-electron chi connectivity index (χ3n) is 4.16. The van der Waals surface area contributed by atoms with E-state index in [0.717, 1.165) is 5.56 Å². The van der Waals surface area contributed by atoms with Gasteiger partial charge >= 0.3 is 0 Å². The molecule has 3 rings (SSSR count). The van der Waals surface area contributed by atoms with Crippen molar-refractivity contribution in [2.24, 2.45) is 4.99 Å². The Balaban J connectivity index is 1.87. The van der Waals surface area contributed by atoms with Crippen LogP contribution in [0.5, 0.6) is 0 Å². The van der Waals surface area contributed by atoms with Gasteiger partial charge in [-0.2, -0.15) is 9.57 Å². The molecule has 0 aliphatic carbocycles. The van der Waals surface area contributed by atoms with Gasteiger partial charge in [-0.05, 0) is 42.3 Å². The van der Waals surface area contributed by atoms with Crippen molar-refractivity contribution in [2.45, 2.75) is 11.8 Å². The lowest BCUT2D eigenvalue weighted by molar-refractivity contribution is 0.0730. The zero-order chi connectivity index (χ0) is 18.6. The Morgan fingerprint density at radius 2 is 1.85 bits per heavy atom. The second-order valence-corrected chi connectivity index (χ2v) is 7.86. The predicted molar refractivity (Wildman–Crippen MR) is 99.2 cm³/mol. The highest BCUT2D eigenvalue weighted by atomic mass is 32.2. The normalized spacial score (nSPS) is 15.8. The average Bonchev–Trinajstić information content (AvgIpc) is 2.68. The van der Waals surface area contributed by atoms with Gasteiger partial charge in [0, 0.05) is 19.3 Å². The molecule has 1 fully saturated rings. The second-order valence-electron chi connectivity index (χ2n) is 5.96. The number of aryl methyl sites for hydroxylation is 1. The minimum atomic E-state index is -3.56. The Morgan fingerprint density at radius 1 is 1.15 bits per heavy atom. The summed E-state index contributed by atoms with van der Waals surface area (Å²) >= 11 is 0. The number of benzene rings is 2. The molecular weight excluding hydrogens is 350 g/mol. The van der Waals surface area contributed by atoms with Gasteiger partial charge in [0.05, 0.1) is 35.4 Å². The van der Waals surface area contributed by atoms with Gasteiger partial charge in [-0.15, -0.1) is 0 Å². The van der Waals surface area contributed by atoms with E-state index in [1.807, 2.05) is 0 Å². The molecule has 0 unspecified atom stereocenters. The minimum absolute atomic E-state index is 0.272. The molecule has 1 saturated heterocycles. The van der Waals surface area contributed by atoms with Crippen molar-refractivity contribution in [3.8, 4) is 6.07 Å². The smallest absolute Gasteiger partial charge is 0.243 e. The number of morpholine rings is 1. The number of aliphatic imine (C=N–C) groups is 1. The van der Waals surface area contributed by atoms with Crippen molar-refractivity contribution in [1.82, 2.24) is 4.31 Å². The van der Waals surface area contributed by atoms with E-state index < -0.39 is 10.0 Å². The Labute approximate surface area is 153 Å². The highest BCUT2D eigenvalue weighted by Crippen LogP contribution is 2.25. The third kappa shape index (κ3) is 3.99. The molecule has 1 aliphatic rings. The van der Waals surface area contributed by atoms with E-state index in [4.69, 9.17) is 10.00 Å². The van der Waals surface area contributed by atoms with Crippen molar-refractivity contribution in [2.75, 3.05) is 26.3 Å². The molecule has 134 valence electrons. The first-order valence-corrected chi connectivity index (χ1v) is 9.67. The van der Waals surface area contributed by atoms with Gasteiger partial charge in [0.15, 0.2) is 0 Å². The van der Waals surface area contributed by atoms with Crippen LogP contribution in [0.1, 0.15) is 16.7 Å². The number of sulfonamides is 1. The maximum atomic E-state index is 12.9. The van der Waals surface area contributed by atoms with E-state index in [1.54, 1.807) is 55.6 Å². The molecule has 26 heavy (non-hydrogen) atoms. The molecule has 0 spiro atoms. The zero-order valence-corrected chi connectivity index (χ0v) is 15.2. The highest BCUT2D eigenvalue weighted by molar-refractivity contribution is 7.89. The molecule has 6 nitrogen and oxygen atoms in total. The quantitative estimate of drug-likeness (QED) is 0.776. The second kappa shape index (κ2) is 7.79. The van der Waals surface area contributed by atoms with Crippen LogP contribution in [0.25, 0.3) is 0 Å². The van der Waals surface area contributed by atoms with Crippen LogP contribution in [0.3, 0.4) is 0 Å². The lowest BCUT2D eigenvalue weighted by atomic mass is 10.1. The van der Waals surface area contributed by atoms with E-state index in [2.05, 4.69) is 11.1 Å². The largest absolute Gasteiger partial charge is 0.379 e. The fourth-order valence-electron chi connectivity index (χ4n) is 2.67. The van der Waals surface area contributed by atoms with Crippen molar-refractivity contribution in [3.63, 3.8) is 0 Å². The van der Waals surface area contributed by atoms with Crippen molar-refractivity contribution in [3.05, 3.63) is 59.2 Å². The van der Waals surface area contributed by atoms with E-state index in [9.17, 15) is 8.42 Å². The van der Waals surface area contributed by atoms with Gasteiger partial charge in [-0.1, -0.05) is 18.2 Å². The predicted octanol–water partition coefficient (Wildman–Crippen LogP) is 2.64. The van der Waals surface area contributed by atoms with E-state index >= 15 is 0 Å². The number of nitrogens with zero attached hydrogens (tertiary/aromatic N) is 3. The maximum absolute atomic E-state index is 12.9. The molecule has 0 bridgehead atoms. The molecule has 0 saturated carbocycles. The molecule has 0 amide bonds. The van der Waals surface area contributed by atoms with Crippen LogP contribution < -0.4 is 0 Å². The fourth-order valence-corrected chi connectivity index (χ4v) is 4.32. The summed E-state index contributed by atoms with van der Waals surface area (Å²) < 4.78 is 32.5. The summed E-state index contributed by atoms with van der Waals surface area (Å²) in [6, 6.07) is 14.2. The fraction of sp³-hybridized carbons (Fsp3) is 0.263. The first kappa shape index (κ1) is 18.3. The lowest BCUT2D eigenvalue weighted by Gasteiger charge is -2.26. The summed E-state index contributed by atoms with van der Waals surface area (Å²) in [5.41, 5.74) is 2.67. The molecule has 0 radical (unpaired) electrons. The number of nitriles is 1. The number of ether oxygens (including phenoxy) is 1. The van der Waals surface area contributed by atoms with Crippen LogP contribution in [-0.4, -0.2) is 45.2 Å². The minimum Gasteiger partial charge on any atom is -0.379 e. The zero-order valence-electron chi connectivity index (χ0n) is 14.4. The van der Waals surface area contributed by atoms with Crippen LogP contribution in [-0.2, 0) is 14.8 Å². The van der Waals surface area contributed by atoms with E-state index in [0.29, 0.717) is 43.1 Å². The summed E-state index contributed by atoms with van der Waals surface area (Å²) in [5.74, 6) is 0. The number of hydrogen-bond donors (Lipinski definition) is 0. The third-order valence-corrected chi connectivity index (χ3v) is 6.20. The first-order chi connectivity index (χ1) is 12.5. The van der Waals surface area contributed by atoms with E-state index in [1.165, 1.54) is 4.31 Å². The Bertz CT molecular complexity index is 955. The standard InChI is InChI=1S/C19H19N3O3S/c1-15-2-7-18(21-14-17-5-3-16(13-20)4-6-17)12-19(15)26(23,24)22-8-10-25-11-9-22/h2-7,12,14H,8-11H2,1H3. The van der Waals surface area contributed by atoms with Crippen LogP contribution in [0, 0.1) is 18.3 Å². The SMILES string of the molecule is Cc1ccc(N=Cc2ccc(C#N)cc2)cc1S(=O)(=O)N1CCOCC1. The molecule has 2 aromatic rings. The summed E-state index contributed by atoms with van der Waals surface area (Å²) in [7, 11) is -3.56. The molecular formula is C19H19N3O3S. The van der Waals surface area contributed by atoms with Gasteiger partial charge in [0.2, 0.25) is 10.0 Å². The molecule has 0 atom stereocenters. The average molecular weight is 369 g/mol. The molecule has 0 N–H and O–H groups in total. The van der Waals surface area contributed by atoms with Crippen LogP contribution in [0.2, 0.25) is 0 Å². The van der Waals surface area contributed by atoms with Gasteiger partial charge in [-0.25, -0.2) is 8.42 Å². The van der Waals surface area contributed by atoms with E-state index in [-0.39, 0.29) is 4.90 Å². The first-order valence-electron chi connectivity index (χ1n) is 8.23.